The molecule has 19 heavy (non-hydrogen) atoms. The summed E-state index contributed by atoms with van der Waals surface area (Å²) in [5.41, 5.74) is 0.198. The zero-order valence-corrected chi connectivity index (χ0v) is 12.7. The van der Waals surface area contributed by atoms with E-state index in [0.717, 1.165) is 12.3 Å². The zero-order chi connectivity index (χ0) is 13.7. The van der Waals surface area contributed by atoms with Crippen LogP contribution in [0.15, 0.2) is 11.0 Å². The van der Waals surface area contributed by atoms with E-state index < -0.39 is 0 Å². The van der Waals surface area contributed by atoms with Crippen molar-refractivity contribution in [3.05, 3.63) is 21.6 Å². The number of rotatable bonds is 5. The largest absolute Gasteiger partial charge is 0.394 e. The number of nitrogens with one attached hydrogen (secondary N) is 1. The first-order valence-corrected chi connectivity index (χ1v) is 8.60. The molecule has 0 radical (unpaired) electrons. The molecule has 1 aromatic heterocycles. The summed E-state index contributed by atoms with van der Waals surface area (Å²) in [4.78, 5) is 11.8. The van der Waals surface area contributed by atoms with Crippen LogP contribution in [-0.4, -0.2) is 50.5 Å². The van der Waals surface area contributed by atoms with Gasteiger partial charge in [-0.05, 0) is 0 Å². The summed E-state index contributed by atoms with van der Waals surface area (Å²) < 4.78 is 1.17. The summed E-state index contributed by atoms with van der Waals surface area (Å²) in [5, 5.41) is 16.7. The highest BCUT2D eigenvalue weighted by atomic mass is 35.5. The van der Waals surface area contributed by atoms with Gasteiger partial charge < -0.3 is 10.4 Å². The van der Waals surface area contributed by atoms with Crippen LogP contribution in [-0.2, 0) is 6.54 Å². The van der Waals surface area contributed by atoms with E-state index in [1.165, 1.54) is 16.2 Å². The average molecular weight is 322 g/mol. The van der Waals surface area contributed by atoms with Gasteiger partial charge in [0.1, 0.15) is 5.02 Å². The van der Waals surface area contributed by atoms with Gasteiger partial charge in [0.15, 0.2) is 0 Å². The van der Waals surface area contributed by atoms with Gasteiger partial charge in [-0.15, -0.1) is 0 Å². The minimum Gasteiger partial charge on any atom is -0.394 e. The minimum atomic E-state index is -0.369. The lowest BCUT2D eigenvalue weighted by molar-refractivity contribution is 0.266. The van der Waals surface area contributed by atoms with Crippen molar-refractivity contribution in [3.63, 3.8) is 0 Å². The Morgan fingerprint density at radius 3 is 3.11 bits per heavy atom. The van der Waals surface area contributed by atoms with Gasteiger partial charge in [0, 0.05) is 29.1 Å². The minimum absolute atomic E-state index is 0.133. The molecule has 1 aliphatic rings. The van der Waals surface area contributed by atoms with E-state index >= 15 is 0 Å². The van der Waals surface area contributed by atoms with Crippen molar-refractivity contribution in [2.45, 2.75) is 11.8 Å². The molecule has 1 unspecified atom stereocenters. The van der Waals surface area contributed by atoms with E-state index in [-0.39, 0.29) is 23.7 Å². The number of thioether (sulfide) groups is 2. The van der Waals surface area contributed by atoms with Gasteiger partial charge in [-0.1, -0.05) is 11.6 Å². The third kappa shape index (κ3) is 4.05. The summed E-state index contributed by atoms with van der Waals surface area (Å²) in [6.07, 6.45) is 1.54. The second-order valence-corrected chi connectivity index (χ2v) is 7.01. The molecule has 1 atom stereocenters. The first-order chi connectivity index (χ1) is 9.22. The fraction of sp³-hybridized carbons (Fsp3) is 0.636. The number of hydrogen-bond donors (Lipinski definition) is 2. The van der Waals surface area contributed by atoms with Crippen LogP contribution in [0.4, 0.5) is 5.69 Å². The highest BCUT2D eigenvalue weighted by Crippen LogP contribution is 2.25. The Hall–Kier alpha value is -0.370. The summed E-state index contributed by atoms with van der Waals surface area (Å²) >= 11 is 9.91. The molecule has 1 saturated heterocycles. The van der Waals surface area contributed by atoms with Crippen molar-refractivity contribution in [2.75, 3.05) is 35.7 Å². The van der Waals surface area contributed by atoms with Crippen molar-refractivity contribution in [1.82, 2.24) is 9.78 Å². The standard InChI is InChI=1S/C11H16ClN3O2S2/c12-10-9(6-14-15(1-2-16)11(10)17)13-5-8-7-18-3-4-19-8/h6,8,13,16H,1-5,7H2. The van der Waals surface area contributed by atoms with Crippen molar-refractivity contribution in [2.24, 2.45) is 0 Å². The van der Waals surface area contributed by atoms with Gasteiger partial charge in [-0.25, -0.2) is 4.68 Å². The highest BCUT2D eigenvalue weighted by molar-refractivity contribution is 8.06. The predicted octanol–water partition coefficient (Wildman–Crippen LogP) is 1.15. The predicted molar refractivity (Wildman–Crippen MR) is 82.7 cm³/mol. The number of aliphatic hydroxyl groups excluding tert-OH is 1. The molecule has 8 heteroatoms. The van der Waals surface area contributed by atoms with E-state index in [2.05, 4.69) is 10.4 Å². The second-order valence-electron chi connectivity index (χ2n) is 4.07. The van der Waals surface area contributed by atoms with Crippen LogP contribution in [0.1, 0.15) is 0 Å². The summed E-state index contributed by atoms with van der Waals surface area (Å²) in [6, 6.07) is 0. The number of halogens is 1. The Balaban J connectivity index is 2.00. The SMILES string of the molecule is O=c1c(Cl)c(NCC2CSCCS2)cnn1CCO. The molecule has 2 heterocycles. The third-order valence-corrected chi connectivity index (χ3v) is 5.91. The monoisotopic (exact) mass is 321 g/mol. The van der Waals surface area contributed by atoms with Gasteiger partial charge in [-0.3, -0.25) is 4.79 Å². The molecule has 0 spiro atoms. The van der Waals surface area contributed by atoms with Crippen LogP contribution in [0.3, 0.4) is 0 Å². The van der Waals surface area contributed by atoms with Crippen LogP contribution in [0, 0.1) is 0 Å². The molecule has 1 aromatic rings. The molecule has 2 rings (SSSR count). The quantitative estimate of drug-likeness (QED) is 0.848. The maximum atomic E-state index is 11.8. The van der Waals surface area contributed by atoms with Crippen molar-refractivity contribution < 1.29 is 5.11 Å². The van der Waals surface area contributed by atoms with E-state index in [0.29, 0.717) is 10.9 Å². The van der Waals surface area contributed by atoms with Crippen LogP contribution in [0.5, 0.6) is 0 Å². The number of nitrogens with zero attached hydrogens (tertiary/aromatic N) is 2. The Kier molecular flexibility index (Phi) is 5.87. The maximum absolute atomic E-state index is 11.8. The number of hydrogen-bond acceptors (Lipinski definition) is 6. The van der Waals surface area contributed by atoms with Gasteiger partial charge in [0.05, 0.1) is 25.0 Å². The molecular formula is C11H16ClN3O2S2. The number of aromatic nitrogens is 2. The fourth-order valence-electron chi connectivity index (χ4n) is 1.72. The van der Waals surface area contributed by atoms with Gasteiger partial charge >= 0.3 is 0 Å². The molecule has 0 bridgehead atoms. The third-order valence-electron chi connectivity index (χ3n) is 2.70. The van der Waals surface area contributed by atoms with Crippen LogP contribution in [0.2, 0.25) is 5.02 Å². The molecule has 1 fully saturated rings. The topological polar surface area (TPSA) is 67.2 Å². The van der Waals surface area contributed by atoms with E-state index in [1.54, 1.807) is 6.20 Å². The summed E-state index contributed by atoms with van der Waals surface area (Å²) in [5.74, 6) is 3.49. The fourth-order valence-corrected chi connectivity index (χ4v) is 4.55. The lowest BCUT2D eigenvalue weighted by atomic mass is 10.4. The maximum Gasteiger partial charge on any atom is 0.287 e. The van der Waals surface area contributed by atoms with E-state index in [1.807, 2.05) is 23.5 Å². The van der Waals surface area contributed by atoms with E-state index in [9.17, 15) is 4.79 Å². The molecule has 5 nitrogen and oxygen atoms in total. The van der Waals surface area contributed by atoms with Crippen molar-refractivity contribution >= 4 is 40.8 Å². The molecule has 2 N–H and O–H groups in total. The Morgan fingerprint density at radius 2 is 2.42 bits per heavy atom. The van der Waals surface area contributed by atoms with Gasteiger partial charge in [0.25, 0.3) is 5.56 Å². The molecule has 0 saturated carbocycles. The molecule has 1 aliphatic heterocycles. The van der Waals surface area contributed by atoms with E-state index in [4.69, 9.17) is 16.7 Å². The molecule has 0 aliphatic carbocycles. The summed E-state index contributed by atoms with van der Waals surface area (Å²) in [6.45, 7) is 0.808. The van der Waals surface area contributed by atoms with Crippen molar-refractivity contribution in [1.29, 1.82) is 0 Å². The normalized spacial score (nSPS) is 19.4. The van der Waals surface area contributed by atoms with Crippen LogP contribution >= 0.6 is 35.1 Å². The lowest BCUT2D eigenvalue weighted by Gasteiger charge is -2.21. The Labute approximate surface area is 125 Å². The Morgan fingerprint density at radius 1 is 1.58 bits per heavy atom. The number of anilines is 1. The average Bonchev–Trinajstić information content (AvgIpc) is 2.44. The first kappa shape index (κ1) is 15.0. The molecular weight excluding hydrogens is 306 g/mol. The highest BCUT2D eigenvalue weighted by Gasteiger charge is 2.15. The van der Waals surface area contributed by atoms with Crippen LogP contribution < -0.4 is 10.9 Å². The molecule has 106 valence electrons. The molecule has 0 aromatic carbocycles. The lowest BCUT2D eigenvalue weighted by Crippen LogP contribution is -2.27. The van der Waals surface area contributed by atoms with Crippen LogP contribution in [0.25, 0.3) is 0 Å². The Bertz CT molecular complexity index is 477. The summed E-state index contributed by atoms with van der Waals surface area (Å²) in [7, 11) is 0. The number of aliphatic hydroxyl groups is 1. The van der Waals surface area contributed by atoms with Gasteiger partial charge in [-0.2, -0.15) is 28.6 Å². The smallest absolute Gasteiger partial charge is 0.287 e. The molecule has 0 amide bonds. The van der Waals surface area contributed by atoms with Gasteiger partial charge in [0.2, 0.25) is 0 Å². The first-order valence-electron chi connectivity index (χ1n) is 6.02. The zero-order valence-electron chi connectivity index (χ0n) is 10.3. The van der Waals surface area contributed by atoms with Crippen molar-refractivity contribution in [3.8, 4) is 0 Å². The second kappa shape index (κ2) is 7.42.